The molecule has 6 nitrogen and oxygen atoms in total. The number of piperidine rings is 1. The molecule has 0 aromatic heterocycles. The number of rotatable bonds is 6. The highest BCUT2D eigenvalue weighted by Crippen LogP contribution is 2.13. The van der Waals surface area contributed by atoms with Crippen LogP contribution in [0.15, 0.2) is 0 Å². The molecule has 116 valence electrons. The van der Waals surface area contributed by atoms with Gasteiger partial charge in [0, 0.05) is 32.6 Å². The molecular formula is C14H28N4O2. The van der Waals surface area contributed by atoms with Crippen molar-refractivity contribution in [2.75, 3.05) is 33.2 Å². The Morgan fingerprint density at radius 1 is 1.40 bits per heavy atom. The average molecular weight is 284 g/mol. The fourth-order valence-corrected chi connectivity index (χ4v) is 2.47. The number of amides is 3. The third kappa shape index (κ3) is 6.34. The summed E-state index contributed by atoms with van der Waals surface area (Å²) in [4.78, 5) is 25.0. The number of urea groups is 1. The minimum absolute atomic E-state index is 0.225. The van der Waals surface area contributed by atoms with Crippen molar-refractivity contribution in [3.63, 3.8) is 0 Å². The lowest BCUT2D eigenvalue weighted by Gasteiger charge is -2.32. The lowest BCUT2D eigenvalue weighted by Crippen LogP contribution is -2.43. The van der Waals surface area contributed by atoms with Crippen LogP contribution in [0.1, 0.15) is 33.1 Å². The highest BCUT2D eigenvalue weighted by molar-refractivity contribution is 5.94. The number of imide groups is 1. The summed E-state index contributed by atoms with van der Waals surface area (Å²) < 4.78 is 0. The van der Waals surface area contributed by atoms with Crippen LogP contribution in [0.5, 0.6) is 0 Å². The van der Waals surface area contributed by atoms with Crippen LogP contribution in [0.2, 0.25) is 0 Å². The summed E-state index contributed by atoms with van der Waals surface area (Å²) in [6.45, 7) is 8.18. The van der Waals surface area contributed by atoms with Gasteiger partial charge in [-0.3, -0.25) is 10.1 Å². The quantitative estimate of drug-likeness (QED) is 0.666. The molecule has 0 aromatic carbocycles. The number of carbonyl (C=O) groups excluding carboxylic acids is 2. The Balaban J connectivity index is 2.34. The predicted octanol–water partition coefficient (Wildman–Crippen LogP) is 0.542. The zero-order chi connectivity index (χ0) is 15.0. The van der Waals surface area contributed by atoms with Gasteiger partial charge in [0.05, 0.1) is 0 Å². The second-order valence-electron chi connectivity index (χ2n) is 5.68. The molecule has 0 spiro atoms. The van der Waals surface area contributed by atoms with Crippen LogP contribution in [-0.4, -0.2) is 56.1 Å². The zero-order valence-corrected chi connectivity index (χ0v) is 12.9. The molecule has 6 heteroatoms. The highest BCUT2D eigenvalue weighted by atomic mass is 16.2. The zero-order valence-electron chi connectivity index (χ0n) is 12.9. The van der Waals surface area contributed by atoms with E-state index in [0.29, 0.717) is 24.9 Å². The normalized spacial score (nSPS) is 19.1. The van der Waals surface area contributed by atoms with E-state index < -0.39 is 6.03 Å². The molecule has 3 amide bonds. The van der Waals surface area contributed by atoms with Crippen LogP contribution in [0, 0.1) is 5.92 Å². The smallest absolute Gasteiger partial charge is 0.321 e. The molecule has 0 saturated carbocycles. The molecule has 1 saturated heterocycles. The van der Waals surface area contributed by atoms with Crippen LogP contribution in [0.4, 0.5) is 4.79 Å². The lowest BCUT2D eigenvalue weighted by atomic mass is 9.98. The molecule has 1 aliphatic heterocycles. The Bertz CT molecular complexity index is 314. The first-order valence-electron chi connectivity index (χ1n) is 7.49. The van der Waals surface area contributed by atoms with Gasteiger partial charge in [0.2, 0.25) is 5.91 Å². The van der Waals surface area contributed by atoms with Crippen molar-refractivity contribution in [2.24, 2.45) is 5.92 Å². The summed E-state index contributed by atoms with van der Waals surface area (Å²) in [5, 5.41) is 8.10. The molecule has 1 unspecified atom stereocenters. The molecule has 3 N–H and O–H groups in total. The maximum atomic E-state index is 11.6. The molecule has 0 bridgehead atoms. The maximum absolute atomic E-state index is 11.6. The number of nitrogens with one attached hydrogen (secondary N) is 3. The molecule has 1 rings (SSSR count). The predicted molar refractivity (Wildman–Crippen MR) is 79.5 cm³/mol. The van der Waals surface area contributed by atoms with Gasteiger partial charge in [-0.2, -0.15) is 0 Å². The minimum Gasteiger partial charge on any atom is -0.341 e. The summed E-state index contributed by atoms with van der Waals surface area (Å²) in [6, 6.07) is -0.0349. The summed E-state index contributed by atoms with van der Waals surface area (Å²) in [5.74, 6) is 0.435. The Morgan fingerprint density at radius 2 is 2.15 bits per heavy atom. The number of carbonyl (C=O) groups is 2. The third-order valence-electron chi connectivity index (χ3n) is 3.73. The van der Waals surface area contributed by atoms with Crippen LogP contribution in [0.3, 0.4) is 0 Å². The fraction of sp³-hybridized carbons (Fsp3) is 0.857. The monoisotopic (exact) mass is 284 g/mol. The second-order valence-corrected chi connectivity index (χ2v) is 5.68. The number of hydrogen-bond acceptors (Lipinski definition) is 4. The van der Waals surface area contributed by atoms with Gasteiger partial charge in [0.25, 0.3) is 0 Å². The average Bonchev–Trinajstić information content (AvgIpc) is 2.44. The van der Waals surface area contributed by atoms with Crippen molar-refractivity contribution in [1.29, 1.82) is 0 Å². The van der Waals surface area contributed by atoms with E-state index in [9.17, 15) is 9.59 Å². The number of nitrogens with zero attached hydrogens (tertiary/aromatic N) is 1. The molecule has 0 aromatic rings. The van der Waals surface area contributed by atoms with E-state index in [0.717, 1.165) is 19.6 Å². The second kappa shape index (κ2) is 8.92. The molecule has 1 fully saturated rings. The largest absolute Gasteiger partial charge is 0.341 e. The molecule has 1 heterocycles. The van der Waals surface area contributed by atoms with Gasteiger partial charge >= 0.3 is 6.03 Å². The van der Waals surface area contributed by atoms with Gasteiger partial charge in [0.1, 0.15) is 0 Å². The van der Waals surface area contributed by atoms with Gasteiger partial charge < -0.3 is 15.5 Å². The summed E-state index contributed by atoms with van der Waals surface area (Å²) in [5.41, 5.74) is 0. The SMILES string of the molecule is CNC(=O)NC(=O)CCN(CC1CCCNC1)C(C)C. The molecule has 1 atom stereocenters. The molecule has 1 aliphatic rings. The van der Waals surface area contributed by atoms with E-state index in [1.165, 1.54) is 19.9 Å². The van der Waals surface area contributed by atoms with E-state index in [2.05, 4.69) is 34.7 Å². The van der Waals surface area contributed by atoms with Crippen molar-refractivity contribution < 1.29 is 9.59 Å². The van der Waals surface area contributed by atoms with Crippen molar-refractivity contribution in [1.82, 2.24) is 20.9 Å². The minimum atomic E-state index is -0.442. The van der Waals surface area contributed by atoms with Crippen molar-refractivity contribution in [3.05, 3.63) is 0 Å². The Morgan fingerprint density at radius 3 is 2.70 bits per heavy atom. The van der Waals surface area contributed by atoms with Gasteiger partial charge in [-0.15, -0.1) is 0 Å². The van der Waals surface area contributed by atoms with E-state index >= 15 is 0 Å². The van der Waals surface area contributed by atoms with Gasteiger partial charge in [-0.25, -0.2) is 4.79 Å². The summed E-state index contributed by atoms with van der Waals surface area (Å²) in [6.07, 6.45) is 2.83. The van der Waals surface area contributed by atoms with Crippen LogP contribution < -0.4 is 16.0 Å². The molecule has 0 aliphatic carbocycles. The first kappa shape index (κ1) is 16.9. The van der Waals surface area contributed by atoms with E-state index in [-0.39, 0.29) is 5.91 Å². The highest BCUT2D eigenvalue weighted by Gasteiger charge is 2.19. The van der Waals surface area contributed by atoms with E-state index in [1.54, 1.807) is 0 Å². The number of hydrogen-bond donors (Lipinski definition) is 3. The Labute approximate surface area is 121 Å². The van der Waals surface area contributed by atoms with Crippen molar-refractivity contribution in [3.8, 4) is 0 Å². The van der Waals surface area contributed by atoms with Crippen LogP contribution in [-0.2, 0) is 4.79 Å². The van der Waals surface area contributed by atoms with Crippen LogP contribution >= 0.6 is 0 Å². The molecule has 20 heavy (non-hydrogen) atoms. The Kier molecular flexibility index (Phi) is 7.54. The molecule has 0 radical (unpaired) electrons. The van der Waals surface area contributed by atoms with E-state index in [1.807, 2.05) is 0 Å². The van der Waals surface area contributed by atoms with Crippen molar-refractivity contribution >= 4 is 11.9 Å². The molecular weight excluding hydrogens is 256 g/mol. The fourth-order valence-electron chi connectivity index (χ4n) is 2.47. The summed E-state index contributed by atoms with van der Waals surface area (Å²) in [7, 11) is 1.50. The van der Waals surface area contributed by atoms with Crippen molar-refractivity contribution in [2.45, 2.75) is 39.2 Å². The lowest BCUT2D eigenvalue weighted by molar-refractivity contribution is -0.120. The standard InChI is InChI=1S/C14H28N4O2/c1-11(2)18(10-12-5-4-7-16-9-12)8-6-13(19)17-14(20)15-3/h11-12,16H,4-10H2,1-3H3,(H2,15,17,19,20). The first-order chi connectivity index (χ1) is 9.52. The maximum Gasteiger partial charge on any atom is 0.321 e. The Hall–Kier alpha value is -1.14. The topological polar surface area (TPSA) is 73.5 Å². The van der Waals surface area contributed by atoms with Gasteiger partial charge in [-0.05, 0) is 45.7 Å². The van der Waals surface area contributed by atoms with Gasteiger partial charge in [0.15, 0.2) is 0 Å². The third-order valence-corrected chi connectivity index (χ3v) is 3.73. The van der Waals surface area contributed by atoms with Gasteiger partial charge in [-0.1, -0.05) is 0 Å². The van der Waals surface area contributed by atoms with Crippen LogP contribution in [0.25, 0.3) is 0 Å². The van der Waals surface area contributed by atoms with E-state index in [4.69, 9.17) is 0 Å². The summed E-state index contributed by atoms with van der Waals surface area (Å²) >= 11 is 0. The first-order valence-corrected chi connectivity index (χ1v) is 7.49.